The third-order valence-electron chi connectivity index (χ3n) is 5.61. The van der Waals surface area contributed by atoms with E-state index in [1.165, 1.54) is 32.2 Å². The number of methoxy groups -OCH3 is 1. The first-order chi connectivity index (χ1) is 15.1. The maximum absolute atomic E-state index is 12.8. The van der Waals surface area contributed by atoms with E-state index in [4.69, 9.17) is 13.9 Å². The van der Waals surface area contributed by atoms with Gasteiger partial charge in [-0.05, 0) is 25.1 Å². The number of aliphatic hydroxyl groups excluding tert-OH is 3. The van der Waals surface area contributed by atoms with Gasteiger partial charge in [0.25, 0.3) is 0 Å². The number of hydrogen-bond donors (Lipinski definition) is 6. The SMILES string of the molecule is COc1cc(-c2cc(=O)c3c(O)c([C@@H]4O[C@H](C)[C@@H](O)[C@H](O)[C@H]4O)c(O)cc3o2)ccc1O. The Balaban J connectivity index is 1.86. The quantitative estimate of drug-likeness (QED) is 0.343. The van der Waals surface area contributed by atoms with E-state index in [1.54, 1.807) is 0 Å². The molecule has 5 atom stereocenters. The average Bonchev–Trinajstić information content (AvgIpc) is 2.75. The highest BCUT2D eigenvalue weighted by atomic mass is 16.5. The van der Waals surface area contributed by atoms with Crippen LogP contribution in [-0.2, 0) is 4.74 Å². The molecule has 1 saturated heterocycles. The van der Waals surface area contributed by atoms with Gasteiger partial charge >= 0.3 is 0 Å². The zero-order chi connectivity index (χ0) is 23.3. The first-order valence-corrected chi connectivity index (χ1v) is 9.73. The monoisotopic (exact) mass is 446 g/mol. The molecular formula is C22H22O10. The second kappa shape index (κ2) is 7.99. The van der Waals surface area contributed by atoms with Crippen molar-refractivity contribution in [3.8, 4) is 34.3 Å². The van der Waals surface area contributed by atoms with Crippen LogP contribution >= 0.6 is 0 Å². The number of fused-ring (bicyclic) bond motifs is 1. The third-order valence-corrected chi connectivity index (χ3v) is 5.61. The lowest BCUT2D eigenvalue weighted by Crippen LogP contribution is -2.53. The van der Waals surface area contributed by atoms with E-state index < -0.39 is 47.4 Å². The lowest BCUT2D eigenvalue weighted by atomic mass is 9.90. The van der Waals surface area contributed by atoms with Crippen LogP contribution < -0.4 is 10.2 Å². The molecule has 1 aliphatic heterocycles. The molecule has 2 aromatic carbocycles. The normalized spacial score (nSPS) is 25.7. The molecular weight excluding hydrogens is 424 g/mol. The van der Waals surface area contributed by atoms with Crippen molar-refractivity contribution < 1.29 is 44.5 Å². The number of hydrogen-bond acceptors (Lipinski definition) is 10. The Labute approximate surface area is 181 Å². The van der Waals surface area contributed by atoms with Crippen molar-refractivity contribution >= 4 is 11.0 Å². The van der Waals surface area contributed by atoms with E-state index in [-0.39, 0.29) is 33.8 Å². The number of rotatable bonds is 3. The molecule has 10 nitrogen and oxygen atoms in total. The lowest BCUT2D eigenvalue weighted by molar-refractivity contribution is -0.220. The van der Waals surface area contributed by atoms with Gasteiger partial charge in [-0.25, -0.2) is 0 Å². The van der Waals surface area contributed by atoms with Gasteiger partial charge in [0, 0.05) is 17.7 Å². The highest BCUT2D eigenvalue weighted by molar-refractivity contribution is 5.88. The average molecular weight is 446 g/mol. The number of ether oxygens (including phenoxy) is 2. The van der Waals surface area contributed by atoms with Gasteiger partial charge in [-0.1, -0.05) is 0 Å². The predicted molar refractivity (Wildman–Crippen MR) is 111 cm³/mol. The molecule has 0 bridgehead atoms. The van der Waals surface area contributed by atoms with E-state index in [0.29, 0.717) is 5.56 Å². The molecule has 6 N–H and O–H groups in total. The van der Waals surface area contributed by atoms with E-state index in [1.807, 2.05) is 0 Å². The summed E-state index contributed by atoms with van der Waals surface area (Å²) >= 11 is 0. The van der Waals surface area contributed by atoms with Crippen LogP contribution in [0.15, 0.2) is 39.5 Å². The summed E-state index contributed by atoms with van der Waals surface area (Å²) in [6, 6.07) is 6.52. The minimum atomic E-state index is -1.67. The number of phenolic OH excluding ortho intramolecular Hbond substituents is 3. The highest BCUT2D eigenvalue weighted by Gasteiger charge is 2.44. The standard InChI is InChI=1S/C22H22O10/c1-8-18(26)20(28)21(29)22(31-8)17-12(25)7-15-16(19(17)27)11(24)6-13(32-15)9-3-4-10(23)14(5-9)30-2/h3-8,18,20-23,25-29H,1-2H3/t8-,18-,20+,21-,22+/m1/s1. The molecule has 32 heavy (non-hydrogen) atoms. The summed E-state index contributed by atoms with van der Waals surface area (Å²) in [5.41, 5.74) is -0.698. The van der Waals surface area contributed by atoms with Crippen molar-refractivity contribution in [1.29, 1.82) is 0 Å². The van der Waals surface area contributed by atoms with Crippen molar-refractivity contribution in [2.45, 2.75) is 37.4 Å². The van der Waals surface area contributed by atoms with Gasteiger partial charge in [0.05, 0.1) is 18.8 Å². The Bertz CT molecular complexity index is 1230. The van der Waals surface area contributed by atoms with Gasteiger partial charge in [0.1, 0.15) is 52.6 Å². The van der Waals surface area contributed by atoms with Gasteiger partial charge in [-0.3, -0.25) is 4.79 Å². The van der Waals surface area contributed by atoms with Gasteiger partial charge < -0.3 is 44.5 Å². The predicted octanol–water partition coefficient (Wildman–Crippen LogP) is 1.13. The molecule has 0 unspecified atom stereocenters. The Morgan fingerprint density at radius 2 is 1.66 bits per heavy atom. The Hall–Kier alpha value is -3.31. The van der Waals surface area contributed by atoms with Gasteiger partial charge in [0.15, 0.2) is 16.9 Å². The fourth-order valence-corrected chi connectivity index (χ4v) is 3.85. The van der Waals surface area contributed by atoms with E-state index >= 15 is 0 Å². The molecule has 4 rings (SSSR count). The molecule has 1 aliphatic rings. The van der Waals surface area contributed by atoms with Crippen LogP contribution in [0.25, 0.3) is 22.3 Å². The lowest BCUT2D eigenvalue weighted by Gasteiger charge is -2.39. The largest absolute Gasteiger partial charge is 0.507 e. The molecule has 0 spiro atoms. The summed E-state index contributed by atoms with van der Waals surface area (Å²) in [5.74, 6) is -1.08. The number of aliphatic hydroxyl groups is 3. The highest BCUT2D eigenvalue weighted by Crippen LogP contribution is 2.44. The Morgan fingerprint density at radius 1 is 0.938 bits per heavy atom. The summed E-state index contributed by atoms with van der Waals surface area (Å²) in [4.78, 5) is 12.8. The zero-order valence-corrected chi connectivity index (χ0v) is 17.1. The summed E-state index contributed by atoms with van der Waals surface area (Å²) < 4.78 is 16.3. The zero-order valence-electron chi connectivity index (χ0n) is 17.1. The summed E-state index contributed by atoms with van der Waals surface area (Å²) in [5, 5.41) is 61.1. The van der Waals surface area contributed by atoms with Crippen LogP contribution in [0.1, 0.15) is 18.6 Å². The second-order valence-corrected chi connectivity index (χ2v) is 7.63. The summed E-state index contributed by atoms with van der Waals surface area (Å²) in [6.07, 6.45) is -6.97. The Kier molecular flexibility index (Phi) is 5.47. The summed E-state index contributed by atoms with van der Waals surface area (Å²) in [7, 11) is 1.37. The minimum absolute atomic E-state index is 0.0912. The first kappa shape index (κ1) is 21.9. The van der Waals surface area contributed by atoms with E-state index in [0.717, 1.165) is 12.1 Å². The molecule has 0 amide bonds. The Morgan fingerprint density at radius 3 is 2.34 bits per heavy atom. The summed E-state index contributed by atoms with van der Waals surface area (Å²) in [6.45, 7) is 1.45. The third kappa shape index (κ3) is 3.43. The van der Waals surface area contributed by atoms with E-state index in [2.05, 4.69) is 0 Å². The van der Waals surface area contributed by atoms with Crippen LogP contribution in [0, 0.1) is 0 Å². The van der Waals surface area contributed by atoms with Crippen LogP contribution in [0.4, 0.5) is 0 Å². The van der Waals surface area contributed by atoms with Crippen molar-refractivity contribution in [2.24, 2.45) is 0 Å². The van der Waals surface area contributed by atoms with Gasteiger partial charge in [-0.15, -0.1) is 0 Å². The minimum Gasteiger partial charge on any atom is -0.507 e. The maximum Gasteiger partial charge on any atom is 0.197 e. The molecule has 1 aromatic heterocycles. The second-order valence-electron chi connectivity index (χ2n) is 7.63. The number of phenols is 3. The van der Waals surface area contributed by atoms with Crippen LogP contribution in [0.2, 0.25) is 0 Å². The van der Waals surface area contributed by atoms with Crippen molar-refractivity contribution in [3.05, 3.63) is 46.1 Å². The van der Waals surface area contributed by atoms with Crippen LogP contribution in [0.5, 0.6) is 23.0 Å². The molecule has 1 fully saturated rings. The van der Waals surface area contributed by atoms with Crippen molar-refractivity contribution in [2.75, 3.05) is 7.11 Å². The topological polar surface area (TPSA) is 170 Å². The van der Waals surface area contributed by atoms with Crippen molar-refractivity contribution in [3.63, 3.8) is 0 Å². The van der Waals surface area contributed by atoms with Crippen LogP contribution in [0.3, 0.4) is 0 Å². The number of benzene rings is 2. The van der Waals surface area contributed by atoms with E-state index in [9.17, 15) is 35.4 Å². The first-order valence-electron chi connectivity index (χ1n) is 9.73. The smallest absolute Gasteiger partial charge is 0.197 e. The molecule has 10 heteroatoms. The molecule has 3 aromatic rings. The van der Waals surface area contributed by atoms with Crippen LogP contribution in [-0.4, -0.2) is 62.2 Å². The van der Waals surface area contributed by atoms with Crippen molar-refractivity contribution in [1.82, 2.24) is 0 Å². The molecule has 0 saturated carbocycles. The number of aromatic hydroxyl groups is 3. The molecule has 0 radical (unpaired) electrons. The molecule has 2 heterocycles. The van der Waals surface area contributed by atoms with Gasteiger partial charge in [0.2, 0.25) is 0 Å². The van der Waals surface area contributed by atoms with Gasteiger partial charge in [-0.2, -0.15) is 0 Å². The molecule has 170 valence electrons. The maximum atomic E-state index is 12.8. The fourth-order valence-electron chi connectivity index (χ4n) is 3.85. The fraction of sp³-hybridized carbons (Fsp3) is 0.318. The molecule has 0 aliphatic carbocycles.